The first kappa shape index (κ1) is 22.4. The Hall–Kier alpha value is -3.80. The van der Waals surface area contributed by atoms with E-state index in [2.05, 4.69) is 0 Å². The Morgan fingerprint density at radius 3 is 2.33 bits per heavy atom. The fourth-order valence-corrected chi connectivity index (χ4v) is 4.38. The maximum Gasteiger partial charge on any atom is 0.255 e. The number of hydrogen-bond donors (Lipinski definition) is 0. The molecule has 6 heteroatoms. The van der Waals surface area contributed by atoms with Crippen LogP contribution in [-0.2, 0) is 11.3 Å². The molecule has 1 aliphatic heterocycles. The molecule has 0 N–H and O–H groups in total. The second-order valence-electron chi connectivity index (χ2n) is 7.90. The highest BCUT2D eigenvalue weighted by Gasteiger charge is 2.35. The summed E-state index contributed by atoms with van der Waals surface area (Å²) in [5.41, 5.74) is 3.32. The van der Waals surface area contributed by atoms with Crippen molar-refractivity contribution in [2.45, 2.75) is 25.9 Å². The van der Waals surface area contributed by atoms with Crippen LogP contribution in [-0.4, -0.2) is 37.5 Å². The quantitative estimate of drug-likeness (QED) is 0.499. The summed E-state index contributed by atoms with van der Waals surface area (Å²) in [5, 5.41) is 0. The van der Waals surface area contributed by atoms with Crippen LogP contribution >= 0.6 is 0 Å². The molecule has 33 heavy (non-hydrogen) atoms. The van der Waals surface area contributed by atoms with Crippen molar-refractivity contribution in [3.63, 3.8) is 0 Å². The van der Waals surface area contributed by atoms with Crippen LogP contribution in [0.25, 0.3) is 0 Å². The highest BCUT2D eigenvalue weighted by Crippen LogP contribution is 2.38. The topological polar surface area (TPSA) is 59.1 Å². The molecule has 170 valence electrons. The van der Waals surface area contributed by atoms with Crippen molar-refractivity contribution in [3.8, 4) is 11.5 Å². The number of para-hydroxylation sites is 1. The van der Waals surface area contributed by atoms with E-state index in [1.54, 1.807) is 24.0 Å². The number of ether oxygens (including phenoxy) is 2. The first-order valence-corrected chi connectivity index (χ1v) is 11.0. The molecule has 3 aromatic rings. The van der Waals surface area contributed by atoms with Crippen molar-refractivity contribution < 1.29 is 19.1 Å². The third kappa shape index (κ3) is 4.42. The van der Waals surface area contributed by atoms with Crippen LogP contribution in [0.4, 0.5) is 5.69 Å². The zero-order chi connectivity index (χ0) is 23.4. The average molecular weight is 445 g/mol. The van der Waals surface area contributed by atoms with E-state index in [0.717, 1.165) is 16.8 Å². The van der Waals surface area contributed by atoms with Crippen molar-refractivity contribution >= 4 is 17.5 Å². The molecule has 0 aliphatic carbocycles. The number of nitrogens with zero attached hydrogens (tertiary/aromatic N) is 2. The van der Waals surface area contributed by atoms with Gasteiger partial charge in [-0.1, -0.05) is 42.5 Å². The summed E-state index contributed by atoms with van der Waals surface area (Å²) >= 11 is 0. The van der Waals surface area contributed by atoms with Gasteiger partial charge in [0.05, 0.1) is 26.7 Å². The fraction of sp³-hybridized carbons (Fsp3) is 0.259. The molecule has 0 fully saturated rings. The molecular formula is C27H28N2O4. The van der Waals surface area contributed by atoms with Gasteiger partial charge in [-0.25, -0.2) is 0 Å². The number of amides is 2. The number of carbonyl (C=O) groups is 2. The van der Waals surface area contributed by atoms with Gasteiger partial charge in [0.2, 0.25) is 5.91 Å². The average Bonchev–Trinajstić information content (AvgIpc) is 3.19. The summed E-state index contributed by atoms with van der Waals surface area (Å²) in [4.78, 5) is 30.4. The van der Waals surface area contributed by atoms with Gasteiger partial charge >= 0.3 is 0 Å². The van der Waals surface area contributed by atoms with Gasteiger partial charge in [0.25, 0.3) is 5.91 Å². The molecule has 1 unspecified atom stereocenters. The Bertz CT molecular complexity index is 1150. The largest absolute Gasteiger partial charge is 0.493 e. The van der Waals surface area contributed by atoms with E-state index in [9.17, 15) is 9.59 Å². The Morgan fingerprint density at radius 1 is 0.970 bits per heavy atom. The van der Waals surface area contributed by atoms with Gasteiger partial charge in [0, 0.05) is 24.3 Å². The third-order valence-corrected chi connectivity index (χ3v) is 6.07. The van der Waals surface area contributed by atoms with Crippen LogP contribution < -0.4 is 14.4 Å². The lowest BCUT2D eigenvalue weighted by Crippen LogP contribution is -2.37. The molecule has 1 atom stereocenters. The Morgan fingerprint density at radius 2 is 1.67 bits per heavy atom. The van der Waals surface area contributed by atoms with Gasteiger partial charge in [-0.3, -0.25) is 9.59 Å². The first-order chi connectivity index (χ1) is 16.1. The van der Waals surface area contributed by atoms with Crippen LogP contribution in [0.2, 0.25) is 0 Å². The Labute approximate surface area is 194 Å². The van der Waals surface area contributed by atoms with Gasteiger partial charge in [0.15, 0.2) is 11.5 Å². The molecule has 4 rings (SSSR count). The van der Waals surface area contributed by atoms with E-state index < -0.39 is 6.04 Å². The van der Waals surface area contributed by atoms with Gasteiger partial charge in [-0.05, 0) is 48.4 Å². The van der Waals surface area contributed by atoms with Crippen molar-refractivity contribution in [1.29, 1.82) is 0 Å². The second-order valence-corrected chi connectivity index (χ2v) is 7.90. The predicted octanol–water partition coefficient (Wildman–Crippen LogP) is 4.84. The molecular weight excluding hydrogens is 416 g/mol. The molecule has 3 aromatic carbocycles. The van der Waals surface area contributed by atoms with Crippen LogP contribution in [0.1, 0.15) is 40.9 Å². The molecule has 0 aromatic heterocycles. The van der Waals surface area contributed by atoms with E-state index in [-0.39, 0.29) is 18.2 Å². The van der Waals surface area contributed by atoms with Gasteiger partial charge < -0.3 is 19.3 Å². The lowest BCUT2D eigenvalue weighted by atomic mass is 10.00. The SMILES string of the molecule is CCN(C(=O)CC(c1ccc(OC)c(OC)c1)N1Cc2ccccc2C1=O)c1ccccc1. The molecule has 0 spiro atoms. The molecule has 0 saturated heterocycles. The van der Waals surface area contributed by atoms with Crippen molar-refractivity contribution in [3.05, 3.63) is 89.5 Å². The summed E-state index contributed by atoms with van der Waals surface area (Å²) in [6.45, 7) is 2.95. The maximum atomic E-state index is 13.5. The standard InChI is InChI=1S/C27H28N2O4/c1-4-28(21-11-6-5-7-12-21)26(30)17-23(19-14-15-24(32-2)25(16-19)33-3)29-18-20-10-8-9-13-22(20)27(29)31/h5-16,23H,4,17-18H2,1-3H3. The van der Waals surface area contributed by atoms with E-state index in [1.807, 2.05) is 79.7 Å². The van der Waals surface area contributed by atoms with E-state index in [4.69, 9.17) is 9.47 Å². The molecule has 1 heterocycles. The molecule has 2 amide bonds. The normalized spacial score (nSPS) is 13.4. The van der Waals surface area contributed by atoms with Crippen molar-refractivity contribution in [2.24, 2.45) is 0 Å². The summed E-state index contributed by atoms with van der Waals surface area (Å²) in [7, 11) is 3.16. The lowest BCUT2D eigenvalue weighted by molar-refractivity contribution is -0.119. The summed E-state index contributed by atoms with van der Waals surface area (Å²) in [5.74, 6) is 1.04. The van der Waals surface area contributed by atoms with Crippen LogP contribution in [0.5, 0.6) is 11.5 Å². The second kappa shape index (κ2) is 9.77. The molecule has 6 nitrogen and oxygen atoms in total. The van der Waals surface area contributed by atoms with Crippen molar-refractivity contribution in [2.75, 3.05) is 25.7 Å². The minimum atomic E-state index is -0.449. The van der Waals surface area contributed by atoms with E-state index >= 15 is 0 Å². The van der Waals surface area contributed by atoms with Gasteiger partial charge in [-0.15, -0.1) is 0 Å². The molecule has 0 bridgehead atoms. The maximum absolute atomic E-state index is 13.5. The number of anilines is 1. The van der Waals surface area contributed by atoms with Crippen LogP contribution in [0.15, 0.2) is 72.8 Å². The number of rotatable bonds is 8. The third-order valence-electron chi connectivity index (χ3n) is 6.07. The fourth-order valence-electron chi connectivity index (χ4n) is 4.38. The zero-order valence-electron chi connectivity index (χ0n) is 19.2. The number of carbonyl (C=O) groups excluding carboxylic acids is 2. The summed E-state index contributed by atoms with van der Waals surface area (Å²) in [6, 6.07) is 22.3. The monoisotopic (exact) mass is 444 g/mol. The molecule has 0 saturated carbocycles. The lowest BCUT2D eigenvalue weighted by Gasteiger charge is -2.31. The number of hydrogen-bond acceptors (Lipinski definition) is 4. The highest BCUT2D eigenvalue weighted by atomic mass is 16.5. The smallest absolute Gasteiger partial charge is 0.255 e. The number of fused-ring (bicyclic) bond motifs is 1. The number of benzene rings is 3. The van der Waals surface area contributed by atoms with Gasteiger partial charge in [0.1, 0.15) is 0 Å². The Balaban J connectivity index is 1.71. The highest BCUT2D eigenvalue weighted by molar-refractivity contribution is 5.99. The van der Waals surface area contributed by atoms with Crippen molar-refractivity contribution in [1.82, 2.24) is 4.90 Å². The molecule has 1 aliphatic rings. The molecule has 0 radical (unpaired) electrons. The van der Waals surface area contributed by atoms with Gasteiger partial charge in [-0.2, -0.15) is 0 Å². The zero-order valence-corrected chi connectivity index (χ0v) is 19.2. The van der Waals surface area contributed by atoms with E-state index in [1.165, 1.54) is 0 Å². The van der Waals surface area contributed by atoms with E-state index in [0.29, 0.717) is 30.2 Å². The first-order valence-electron chi connectivity index (χ1n) is 11.0. The summed E-state index contributed by atoms with van der Waals surface area (Å²) in [6.07, 6.45) is 0.151. The number of methoxy groups -OCH3 is 2. The predicted molar refractivity (Wildman–Crippen MR) is 128 cm³/mol. The van der Waals surface area contributed by atoms with Crippen LogP contribution in [0.3, 0.4) is 0 Å². The minimum absolute atomic E-state index is 0.0489. The Kier molecular flexibility index (Phi) is 6.63. The minimum Gasteiger partial charge on any atom is -0.493 e. The van der Waals surface area contributed by atoms with Crippen LogP contribution in [0, 0.1) is 0 Å². The summed E-state index contributed by atoms with van der Waals surface area (Å²) < 4.78 is 10.9.